The molecule has 0 spiro atoms. The van der Waals surface area contributed by atoms with Gasteiger partial charge in [-0.05, 0) is 36.2 Å². The molecule has 0 bridgehead atoms. The molecule has 0 aliphatic carbocycles. The van der Waals surface area contributed by atoms with Gasteiger partial charge in [-0.25, -0.2) is 12.8 Å². The molecular formula is C21H16FNO5S. The van der Waals surface area contributed by atoms with Crippen molar-refractivity contribution in [3.63, 3.8) is 0 Å². The van der Waals surface area contributed by atoms with Crippen LogP contribution in [-0.2, 0) is 9.84 Å². The third-order valence-corrected chi connectivity index (χ3v) is 7.33. The third kappa shape index (κ3) is 2.78. The van der Waals surface area contributed by atoms with Gasteiger partial charge >= 0.3 is 0 Å². The van der Waals surface area contributed by atoms with E-state index in [1.807, 2.05) is 0 Å². The van der Waals surface area contributed by atoms with Crippen LogP contribution in [0.25, 0.3) is 11.0 Å². The molecule has 2 aliphatic rings. The molecule has 29 heavy (non-hydrogen) atoms. The van der Waals surface area contributed by atoms with Gasteiger partial charge in [0.15, 0.2) is 15.3 Å². The van der Waals surface area contributed by atoms with E-state index < -0.39 is 33.6 Å². The van der Waals surface area contributed by atoms with Crippen LogP contribution in [-0.4, -0.2) is 36.8 Å². The van der Waals surface area contributed by atoms with Crippen molar-refractivity contribution < 1.29 is 22.0 Å². The minimum Gasteiger partial charge on any atom is -0.450 e. The predicted octanol–water partition coefficient (Wildman–Crippen LogP) is 2.66. The fraction of sp³-hybridized carbons (Fsp3) is 0.238. The molecule has 3 heterocycles. The Morgan fingerprint density at radius 1 is 1.07 bits per heavy atom. The van der Waals surface area contributed by atoms with Crippen LogP contribution < -0.4 is 5.43 Å². The Balaban J connectivity index is 1.77. The molecule has 2 atom stereocenters. The number of rotatable bonds is 2. The second-order valence-corrected chi connectivity index (χ2v) is 9.63. The fourth-order valence-corrected chi connectivity index (χ4v) is 6.02. The van der Waals surface area contributed by atoms with Crippen molar-refractivity contribution in [2.45, 2.75) is 18.5 Å². The first-order chi connectivity index (χ1) is 13.9. The van der Waals surface area contributed by atoms with Gasteiger partial charge in [0.05, 0.1) is 28.5 Å². The van der Waals surface area contributed by atoms with Gasteiger partial charge in [-0.15, -0.1) is 0 Å². The number of halogens is 1. The van der Waals surface area contributed by atoms with Crippen molar-refractivity contribution in [1.29, 1.82) is 0 Å². The molecule has 0 radical (unpaired) electrons. The summed E-state index contributed by atoms with van der Waals surface area (Å²) in [6, 6.07) is 10.8. The summed E-state index contributed by atoms with van der Waals surface area (Å²) in [5.74, 6) is -1.37. The Labute approximate surface area is 165 Å². The summed E-state index contributed by atoms with van der Waals surface area (Å²) in [7, 11) is -3.28. The molecule has 1 amide bonds. The maximum absolute atomic E-state index is 14.0. The number of sulfone groups is 1. The molecule has 1 saturated heterocycles. The van der Waals surface area contributed by atoms with E-state index in [4.69, 9.17) is 4.42 Å². The van der Waals surface area contributed by atoms with Gasteiger partial charge in [-0.2, -0.15) is 0 Å². The largest absolute Gasteiger partial charge is 0.450 e. The van der Waals surface area contributed by atoms with Gasteiger partial charge in [0.1, 0.15) is 11.4 Å². The average molecular weight is 413 g/mol. The van der Waals surface area contributed by atoms with E-state index in [1.165, 1.54) is 23.1 Å². The number of para-hydroxylation sites is 1. The molecule has 2 aliphatic heterocycles. The molecule has 0 saturated carbocycles. The van der Waals surface area contributed by atoms with Crippen LogP contribution in [0.5, 0.6) is 0 Å². The molecule has 0 N–H and O–H groups in total. The zero-order valence-electron chi connectivity index (χ0n) is 15.2. The average Bonchev–Trinajstić information content (AvgIpc) is 3.19. The van der Waals surface area contributed by atoms with Crippen LogP contribution in [0.3, 0.4) is 0 Å². The summed E-state index contributed by atoms with van der Waals surface area (Å²) in [6.45, 7) is 0. The van der Waals surface area contributed by atoms with Gasteiger partial charge in [0.25, 0.3) is 5.91 Å². The lowest BCUT2D eigenvalue weighted by atomic mass is 9.97. The first-order valence-electron chi connectivity index (χ1n) is 9.20. The highest BCUT2D eigenvalue weighted by atomic mass is 32.2. The Morgan fingerprint density at radius 2 is 1.86 bits per heavy atom. The van der Waals surface area contributed by atoms with Gasteiger partial charge in [-0.3, -0.25) is 9.59 Å². The van der Waals surface area contributed by atoms with E-state index in [0.29, 0.717) is 10.9 Å². The van der Waals surface area contributed by atoms with Gasteiger partial charge < -0.3 is 9.32 Å². The van der Waals surface area contributed by atoms with Crippen molar-refractivity contribution in [3.05, 3.63) is 81.5 Å². The van der Waals surface area contributed by atoms with Crippen molar-refractivity contribution in [1.82, 2.24) is 4.90 Å². The Bertz CT molecular complexity index is 1330. The summed E-state index contributed by atoms with van der Waals surface area (Å²) < 4.78 is 43.9. The standard InChI is InChI=1S/C21H16FNO5S/c22-13-5-3-4-12(10-13)18-17-19(24)15-6-1-2-7-16(15)28-20(17)21(25)23(18)14-8-9-29(26,27)11-14/h1-7,10,14,18H,8-9,11H2. The number of benzene rings is 2. The van der Waals surface area contributed by atoms with Crippen LogP contribution >= 0.6 is 0 Å². The van der Waals surface area contributed by atoms with E-state index in [0.717, 1.165) is 0 Å². The number of amides is 1. The normalized spacial score (nSPS) is 22.9. The Morgan fingerprint density at radius 3 is 2.59 bits per heavy atom. The molecule has 2 unspecified atom stereocenters. The minimum atomic E-state index is -3.28. The lowest BCUT2D eigenvalue weighted by molar-refractivity contribution is 0.0662. The second-order valence-electron chi connectivity index (χ2n) is 7.40. The summed E-state index contributed by atoms with van der Waals surface area (Å²) in [5.41, 5.74) is 0.448. The molecule has 1 fully saturated rings. The van der Waals surface area contributed by atoms with Gasteiger partial charge in [0, 0.05) is 6.04 Å². The van der Waals surface area contributed by atoms with Gasteiger partial charge in [0.2, 0.25) is 5.76 Å². The van der Waals surface area contributed by atoms with Gasteiger partial charge in [-0.1, -0.05) is 24.3 Å². The fourth-order valence-electron chi connectivity index (χ4n) is 4.31. The van der Waals surface area contributed by atoms with Crippen LogP contribution in [0.1, 0.15) is 34.1 Å². The number of carbonyl (C=O) groups is 1. The Hall–Kier alpha value is -3.00. The molecule has 5 rings (SSSR count). The topological polar surface area (TPSA) is 84.7 Å². The lowest BCUT2D eigenvalue weighted by Crippen LogP contribution is -2.40. The molecule has 3 aromatic rings. The summed E-state index contributed by atoms with van der Waals surface area (Å²) in [5, 5.41) is 0.321. The highest BCUT2D eigenvalue weighted by Gasteiger charge is 2.48. The van der Waals surface area contributed by atoms with E-state index >= 15 is 0 Å². The van der Waals surface area contributed by atoms with Crippen molar-refractivity contribution >= 4 is 26.7 Å². The van der Waals surface area contributed by atoms with Crippen LogP contribution in [0.2, 0.25) is 0 Å². The maximum Gasteiger partial charge on any atom is 0.291 e. The summed E-state index contributed by atoms with van der Waals surface area (Å²) in [4.78, 5) is 27.9. The van der Waals surface area contributed by atoms with Crippen LogP contribution in [0.4, 0.5) is 4.39 Å². The smallest absolute Gasteiger partial charge is 0.291 e. The quantitative estimate of drug-likeness (QED) is 0.645. The first kappa shape index (κ1) is 18.1. The Kier molecular flexibility index (Phi) is 3.89. The molecule has 148 valence electrons. The van der Waals surface area contributed by atoms with Crippen LogP contribution in [0, 0.1) is 5.82 Å². The van der Waals surface area contributed by atoms with E-state index in [-0.39, 0.29) is 40.3 Å². The van der Waals surface area contributed by atoms with Crippen molar-refractivity contribution in [2.24, 2.45) is 0 Å². The first-order valence-corrected chi connectivity index (χ1v) is 11.0. The monoisotopic (exact) mass is 413 g/mol. The summed E-state index contributed by atoms with van der Waals surface area (Å²) >= 11 is 0. The highest BCUT2D eigenvalue weighted by Crippen LogP contribution is 2.41. The molecule has 1 aromatic heterocycles. The zero-order valence-corrected chi connectivity index (χ0v) is 16.0. The summed E-state index contributed by atoms with van der Waals surface area (Å²) in [6.07, 6.45) is 0.265. The number of carbonyl (C=O) groups excluding carboxylic acids is 1. The minimum absolute atomic E-state index is 0.0307. The molecule has 6 nitrogen and oxygen atoms in total. The zero-order chi connectivity index (χ0) is 20.3. The second kappa shape index (κ2) is 6.25. The van der Waals surface area contributed by atoms with Crippen molar-refractivity contribution in [2.75, 3.05) is 11.5 Å². The maximum atomic E-state index is 14.0. The molecule has 2 aromatic carbocycles. The van der Waals surface area contributed by atoms with Crippen molar-refractivity contribution in [3.8, 4) is 0 Å². The molecule has 8 heteroatoms. The highest BCUT2D eigenvalue weighted by molar-refractivity contribution is 7.91. The number of hydrogen-bond donors (Lipinski definition) is 0. The third-order valence-electron chi connectivity index (χ3n) is 5.58. The lowest BCUT2D eigenvalue weighted by Gasteiger charge is -2.30. The van der Waals surface area contributed by atoms with E-state index in [2.05, 4.69) is 0 Å². The van der Waals surface area contributed by atoms with E-state index in [9.17, 15) is 22.4 Å². The predicted molar refractivity (Wildman–Crippen MR) is 104 cm³/mol. The number of nitrogens with zero attached hydrogens (tertiary/aromatic N) is 1. The number of fused-ring (bicyclic) bond motifs is 2. The molecular weight excluding hydrogens is 397 g/mol. The van der Waals surface area contributed by atoms with E-state index in [1.54, 1.807) is 30.3 Å². The number of hydrogen-bond acceptors (Lipinski definition) is 5. The van der Waals surface area contributed by atoms with Crippen LogP contribution in [0.15, 0.2) is 57.7 Å². The SMILES string of the molecule is O=C1c2oc3ccccc3c(=O)c2C(c2cccc(F)c2)N1C1CCS(=O)(=O)C1.